The topological polar surface area (TPSA) is 77.2 Å². The molecule has 0 spiro atoms. The van der Waals surface area contributed by atoms with Crippen LogP contribution in [-0.4, -0.2) is 35.8 Å². The summed E-state index contributed by atoms with van der Waals surface area (Å²) in [6, 6.07) is 0. The fraction of sp³-hybridized carbons (Fsp3) is 0.842. The monoisotopic (exact) mass is 353 g/mol. The molecule has 25 heavy (non-hydrogen) atoms. The van der Waals surface area contributed by atoms with E-state index < -0.39 is 0 Å². The van der Waals surface area contributed by atoms with Gasteiger partial charge < -0.3 is 14.6 Å². The first kappa shape index (κ1) is 21.6. The minimum absolute atomic E-state index is 0.0196. The summed E-state index contributed by atoms with van der Waals surface area (Å²) >= 11 is 0. The number of rotatable bonds is 16. The molecule has 0 aromatic carbocycles. The van der Waals surface area contributed by atoms with Crippen LogP contribution in [0, 0.1) is 0 Å². The van der Waals surface area contributed by atoms with Crippen molar-refractivity contribution in [1.82, 2.24) is 15.5 Å². The number of ether oxygens (including phenoxy) is 1. The second-order valence-corrected chi connectivity index (χ2v) is 6.44. The first-order valence-electron chi connectivity index (χ1n) is 9.92. The molecule has 1 aromatic rings. The maximum atomic E-state index is 11.8. The van der Waals surface area contributed by atoms with Gasteiger partial charge in [-0.2, -0.15) is 4.98 Å². The Kier molecular flexibility index (Phi) is 12.9. The molecule has 0 atom stereocenters. The average Bonchev–Trinajstić information content (AvgIpc) is 3.06. The zero-order valence-corrected chi connectivity index (χ0v) is 16.0. The summed E-state index contributed by atoms with van der Waals surface area (Å²) in [5, 5.41) is 6.78. The molecule has 0 aliphatic heterocycles. The molecule has 1 heterocycles. The number of nitrogens with zero attached hydrogens (tertiary/aromatic N) is 2. The number of unbranched alkanes of at least 4 members (excludes halogenated alkanes) is 5. The largest absolute Gasteiger partial charge is 0.381 e. The normalized spacial score (nSPS) is 11.0. The second-order valence-electron chi connectivity index (χ2n) is 6.44. The van der Waals surface area contributed by atoms with E-state index in [2.05, 4.69) is 29.3 Å². The molecule has 0 saturated heterocycles. The van der Waals surface area contributed by atoms with E-state index in [4.69, 9.17) is 9.26 Å². The number of hydrogen-bond acceptors (Lipinski definition) is 5. The molecule has 1 rings (SSSR count). The quantitative estimate of drug-likeness (QED) is 0.457. The standard InChI is InChI=1S/C19H35N3O3/c1-3-5-6-7-8-9-15-24-16-10-14-20-18(23)12-13-19-21-17(11-4-2)22-25-19/h3-16H2,1-2H3,(H,20,23). The number of aryl methyl sites for hydroxylation is 2. The molecule has 0 aliphatic carbocycles. The third-order valence-electron chi connectivity index (χ3n) is 3.98. The maximum absolute atomic E-state index is 11.8. The van der Waals surface area contributed by atoms with Crippen molar-refractivity contribution in [3.63, 3.8) is 0 Å². The van der Waals surface area contributed by atoms with Gasteiger partial charge in [0.15, 0.2) is 5.82 Å². The van der Waals surface area contributed by atoms with E-state index in [-0.39, 0.29) is 5.91 Å². The zero-order valence-electron chi connectivity index (χ0n) is 16.0. The molecule has 0 bridgehead atoms. The number of amides is 1. The Bertz CT molecular complexity index is 449. The van der Waals surface area contributed by atoms with Gasteiger partial charge in [-0.1, -0.05) is 51.1 Å². The summed E-state index contributed by atoms with van der Waals surface area (Å²) in [6.07, 6.45) is 11.2. The minimum Gasteiger partial charge on any atom is -0.381 e. The number of hydrogen-bond donors (Lipinski definition) is 1. The third kappa shape index (κ3) is 11.7. The van der Waals surface area contributed by atoms with Crippen molar-refractivity contribution in [2.45, 2.75) is 84.5 Å². The Morgan fingerprint density at radius 1 is 1.00 bits per heavy atom. The molecule has 0 saturated carbocycles. The van der Waals surface area contributed by atoms with Crippen LogP contribution in [0.15, 0.2) is 4.52 Å². The Hall–Kier alpha value is -1.43. The Balaban J connectivity index is 1.90. The SMILES string of the molecule is CCCCCCCCOCCCNC(=O)CCc1nc(CCC)no1. The van der Waals surface area contributed by atoms with Crippen molar-refractivity contribution in [2.24, 2.45) is 0 Å². The van der Waals surface area contributed by atoms with E-state index in [0.29, 0.717) is 31.9 Å². The first-order chi connectivity index (χ1) is 12.3. The van der Waals surface area contributed by atoms with E-state index in [1.165, 1.54) is 32.1 Å². The molecule has 0 unspecified atom stereocenters. The number of aromatic nitrogens is 2. The lowest BCUT2D eigenvalue weighted by atomic mass is 10.1. The highest BCUT2D eigenvalue weighted by atomic mass is 16.5. The Morgan fingerprint density at radius 3 is 2.56 bits per heavy atom. The molecule has 6 nitrogen and oxygen atoms in total. The maximum Gasteiger partial charge on any atom is 0.227 e. The van der Waals surface area contributed by atoms with Gasteiger partial charge in [-0.05, 0) is 19.3 Å². The van der Waals surface area contributed by atoms with Crippen molar-refractivity contribution in [2.75, 3.05) is 19.8 Å². The molecule has 1 N–H and O–H groups in total. The van der Waals surface area contributed by atoms with Crippen LogP contribution in [-0.2, 0) is 22.4 Å². The molecular weight excluding hydrogens is 318 g/mol. The molecule has 0 fully saturated rings. The highest BCUT2D eigenvalue weighted by molar-refractivity contribution is 5.75. The molecule has 1 amide bonds. The third-order valence-corrected chi connectivity index (χ3v) is 3.98. The first-order valence-corrected chi connectivity index (χ1v) is 9.92. The lowest BCUT2D eigenvalue weighted by molar-refractivity contribution is -0.121. The fourth-order valence-corrected chi connectivity index (χ4v) is 2.51. The molecule has 0 radical (unpaired) electrons. The van der Waals surface area contributed by atoms with Crippen molar-refractivity contribution in [3.05, 3.63) is 11.7 Å². The van der Waals surface area contributed by atoms with E-state index in [9.17, 15) is 4.79 Å². The van der Waals surface area contributed by atoms with Crippen molar-refractivity contribution in [1.29, 1.82) is 0 Å². The van der Waals surface area contributed by atoms with Crippen LogP contribution >= 0.6 is 0 Å². The van der Waals surface area contributed by atoms with Crippen LogP contribution in [0.2, 0.25) is 0 Å². The van der Waals surface area contributed by atoms with Crippen LogP contribution in [0.3, 0.4) is 0 Å². The summed E-state index contributed by atoms with van der Waals surface area (Å²) in [5.41, 5.74) is 0. The summed E-state index contributed by atoms with van der Waals surface area (Å²) in [6.45, 7) is 6.49. The van der Waals surface area contributed by atoms with E-state index >= 15 is 0 Å². The predicted octanol–water partition coefficient (Wildman–Crippen LogP) is 3.84. The van der Waals surface area contributed by atoms with Crippen LogP contribution < -0.4 is 5.32 Å². The predicted molar refractivity (Wildman–Crippen MR) is 98.4 cm³/mol. The summed E-state index contributed by atoms with van der Waals surface area (Å²) in [4.78, 5) is 16.0. The van der Waals surface area contributed by atoms with Gasteiger partial charge in [0.1, 0.15) is 0 Å². The lowest BCUT2D eigenvalue weighted by Gasteiger charge is -2.06. The van der Waals surface area contributed by atoms with Crippen LogP contribution in [0.25, 0.3) is 0 Å². The van der Waals surface area contributed by atoms with E-state index in [1.807, 2.05) is 0 Å². The van der Waals surface area contributed by atoms with Crippen molar-refractivity contribution < 1.29 is 14.1 Å². The lowest BCUT2D eigenvalue weighted by Crippen LogP contribution is -2.25. The Morgan fingerprint density at radius 2 is 1.76 bits per heavy atom. The van der Waals surface area contributed by atoms with Crippen molar-refractivity contribution >= 4 is 5.91 Å². The molecular formula is C19H35N3O3. The van der Waals surface area contributed by atoms with Gasteiger partial charge in [0.05, 0.1) is 0 Å². The zero-order chi connectivity index (χ0) is 18.2. The highest BCUT2D eigenvalue weighted by Crippen LogP contribution is 2.05. The van der Waals surface area contributed by atoms with Gasteiger partial charge in [-0.25, -0.2) is 0 Å². The van der Waals surface area contributed by atoms with Crippen molar-refractivity contribution in [3.8, 4) is 0 Å². The van der Waals surface area contributed by atoms with Gasteiger partial charge in [-0.15, -0.1) is 0 Å². The molecule has 0 aliphatic rings. The van der Waals surface area contributed by atoms with Gasteiger partial charge in [0.25, 0.3) is 0 Å². The van der Waals surface area contributed by atoms with E-state index in [1.54, 1.807) is 0 Å². The summed E-state index contributed by atoms with van der Waals surface area (Å²) in [7, 11) is 0. The van der Waals surface area contributed by atoms with E-state index in [0.717, 1.165) is 38.1 Å². The number of carbonyl (C=O) groups excluding carboxylic acids is 1. The van der Waals surface area contributed by atoms with Crippen LogP contribution in [0.4, 0.5) is 0 Å². The Labute approximate surface area is 152 Å². The fourth-order valence-electron chi connectivity index (χ4n) is 2.51. The highest BCUT2D eigenvalue weighted by Gasteiger charge is 2.08. The van der Waals surface area contributed by atoms with Gasteiger partial charge in [0.2, 0.25) is 11.8 Å². The number of nitrogens with one attached hydrogen (secondary N) is 1. The smallest absolute Gasteiger partial charge is 0.227 e. The van der Waals surface area contributed by atoms with Crippen LogP contribution in [0.1, 0.15) is 83.3 Å². The minimum atomic E-state index is 0.0196. The molecule has 144 valence electrons. The van der Waals surface area contributed by atoms with Gasteiger partial charge in [-0.3, -0.25) is 4.79 Å². The molecule has 6 heteroatoms. The summed E-state index contributed by atoms with van der Waals surface area (Å²) in [5.74, 6) is 1.28. The average molecular weight is 354 g/mol. The van der Waals surface area contributed by atoms with Crippen LogP contribution in [0.5, 0.6) is 0 Å². The summed E-state index contributed by atoms with van der Waals surface area (Å²) < 4.78 is 10.7. The number of carbonyl (C=O) groups is 1. The second kappa shape index (κ2) is 14.9. The van der Waals surface area contributed by atoms with Gasteiger partial charge in [0, 0.05) is 39.0 Å². The molecule has 1 aromatic heterocycles. The van der Waals surface area contributed by atoms with Gasteiger partial charge >= 0.3 is 0 Å².